The van der Waals surface area contributed by atoms with Crippen molar-refractivity contribution in [3.63, 3.8) is 0 Å². The summed E-state index contributed by atoms with van der Waals surface area (Å²) >= 11 is 0. The van der Waals surface area contributed by atoms with Crippen LogP contribution in [0.15, 0.2) is 24.3 Å². The van der Waals surface area contributed by atoms with Crippen molar-refractivity contribution < 1.29 is 15.3 Å². The number of aliphatic hydroxyl groups is 3. The molecule has 3 aliphatic rings. The van der Waals surface area contributed by atoms with Crippen LogP contribution in [0, 0.1) is 35.0 Å². The quantitative estimate of drug-likeness (QED) is 0.377. The average Bonchev–Trinajstić information content (AvgIpc) is 3.15. The van der Waals surface area contributed by atoms with Gasteiger partial charge >= 0.3 is 0 Å². The van der Waals surface area contributed by atoms with Gasteiger partial charge < -0.3 is 15.3 Å². The summed E-state index contributed by atoms with van der Waals surface area (Å²) in [6, 6.07) is 0. The van der Waals surface area contributed by atoms with Crippen molar-refractivity contribution in [1.29, 1.82) is 0 Å². The number of allylic oxidation sites excluding steroid dienone is 1. The standard InChI is InChI=1S/C29H50O3/c1-8-14-29(7,32)25-24(12-11-23-19-27(5,31)16-17-28(23,25)6)22-10-9-21(18-22)20(2)13-15-26(3,4)30/h8,11,20-22,24-25,30-32H,1,9-10,12-19H2,2-7H3/t20-,21+,22-,24+,25+,27+,28+,29?/m1/s1. The van der Waals surface area contributed by atoms with Crippen molar-refractivity contribution in [2.75, 3.05) is 0 Å². The summed E-state index contributed by atoms with van der Waals surface area (Å²) in [6.45, 7) is 16.5. The van der Waals surface area contributed by atoms with Gasteiger partial charge in [-0.1, -0.05) is 31.6 Å². The smallest absolute Gasteiger partial charge is 0.0693 e. The molecule has 3 heteroatoms. The molecule has 3 nitrogen and oxygen atoms in total. The highest BCUT2D eigenvalue weighted by Crippen LogP contribution is 2.61. The second-order valence-corrected chi connectivity index (χ2v) is 13.2. The lowest BCUT2D eigenvalue weighted by molar-refractivity contribution is -0.112. The van der Waals surface area contributed by atoms with Gasteiger partial charge in [0.25, 0.3) is 0 Å². The first-order valence-corrected chi connectivity index (χ1v) is 13.2. The van der Waals surface area contributed by atoms with E-state index in [1.165, 1.54) is 24.8 Å². The van der Waals surface area contributed by atoms with E-state index < -0.39 is 16.8 Å². The predicted octanol–water partition coefficient (Wildman–Crippen LogP) is 6.42. The van der Waals surface area contributed by atoms with E-state index in [1.807, 2.05) is 33.8 Å². The lowest BCUT2D eigenvalue weighted by Crippen LogP contribution is -2.55. The molecule has 0 aromatic heterocycles. The Morgan fingerprint density at radius 3 is 2.50 bits per heavy atom. The Hall–Kier alpha value is -0.640. The number of hydrogen-bond donors (Lipinski definition) is 3. The first-order chi connectivity index (χ1) is 14.7. The normalized spacial score (nSPS) is 40.8. The molecular formula is C29H50O3. The number of hydrogen-bond acceptors (Lipinski definition) is 3. The van der Waals surface area contributed by atoms with E-state index in [0.29, 0.717) is 24.2 Å². The van der Waals surface area contributed by atoms with Crippen LogP contribution in [0.2, 0.25) is 0 Å². The Balaban J connectivity index is 1.82. The maximum Gasteiger partial charge on any atom is 0.0693 e. The summed E-state index contributed by atoms with van der Waals surface area (Å²) in [5.74, 6) is 2.67. The zero-order valence-electron chi connectivity index (χ0n) is 21.7. The molecule has 1 unspecified atom stereocenters. The minimum Gasteiger partial charge on any atom is -0.390 e. The molecule has 0 radical (unpaired) electrons. The predicted molar refractivity (Wildman–Crippen MR) is 133 cm³/mol. The van der Waals surface area contributed by atoms with Crippen LogP contribution >= 0.6 is 0 Å². The highest BCUT2D eigenvalue weighted by atomic mass is 16.3. The van der Waals surface area contributed by atoms with Gasteiger partial charge in [0.1, 0.15) is 0 Å². The Kier molecular flexibility index (Phi) is 7.46. The molecule has 0 amide bonds. The van der Waals surface area contributed by atoms with E-state index >= 15 is 0 Å². The second-order valence-electron chi connectivity index (χ2n) is 13.2. The topological polar surface area (TPSA) is 60.7 Å². The van der Waals surface area contributed by atoms with Gasteiger partial charge in [-0.05, 0) is 121 Å². The summed E-state index contributed by atoms with van der Waals surface area (Å²) < 4.78 is 0. The first kappa shape index (κ1) is 26.0. The molecule has 0 aromatic rings. The first-order valence-electron chi connectivity index (χ1n) is 13.2. The highest BCUT2D eigenvalue weighted by Gasteiger charge is 2.56. The summed E-state index contributed by atoms with van der Waals surface area (Å²) in [4.78, 5) is 0. The van der Waals surface area contributed by atoms with Gasteiger partial charge in [0, 0.05) is 5.92 Å². The molecule has 32 heavy (non-hydrogen) atoms. The monoisotopic (exact) mass is 446 g/mol. The van der Waals surface area contributed by atoms with Gasteiger partial charge in [0.15, 0.2) is 0 Å². The average molecular weight is 447 g/mol. The molecular weight excluding hydrogens is 396 g/mol. The molecule has 3 aliphatic carbocycles. The van der Waals surface area contributed by atoms with Gasteiger partial charge in [-0.2, -0.15) is 0 Å². The van der Waals surface area contributed by atoms with Gasteiger partial charge in [-0.25, -0.2) is 0 Å². The van der Waals surface area contributed by atoms with Crippen molar-refractivity contribution in [2.45, 2.75) is 123 Å². The third-order valence-corrected chi connectivity index (χ3v) is 9.60. The molecule has 8 atom stereocenters. The molecule has 2 fully saturated rings. The second kappa shape index (κ2) is 9.19. The minimum atomic E-state index is -0.783. The third kappa shape index (κ3) is 5.53. The van der Waals surface area contributed by atoms with E-state index in [4.69, 9.17) is 0 Å². The van der Waals surface area contributed by atoms with Gasteiger partial charge in [-0.15, -0.1) is 6.58 Å². The summed E-state index contributed by atoms with van der Waals surface area (Å²) in [7, 11) is 0. The Bertz CT molecular complexity index is 698. The summed E-state index contributed by atoms with van der Waals surface area (Å²) in [5, 5.41) is 32.7. The molecule has 0 spiro atoms. The summed E-state index contributed by atoms with van der Waals surface area (Å²) in [5.41, 5.74) is -0.673. The SMILES string of the molecule is C=CCC(C)(O)[C@H]1[C@H]([C@@H]2CC[C@H]([C@H](C)CCC(C)(C)O)C2)CC=C2C[C@@](C)(O)CC[C@@]21C. The lowest BCUT2D eigenvalue weighted by atomic mass is 9.49. The van der Waals surface area contributed by atoms with Gasteiger partial charge in [0.05, 0.1) is 16.8 Å². The maximum atomic E-state index is 11.8. The van der Waals surface area contributed by atoms with E-state index in [0.717, 1.165) is 44.4 Å². The summed E-state index contributed by atoms with van der Waals surface area (Å²) in [6.07, 6.45) is 14.1. The molecule has 0 aromatic carbocycles. The fraction of sp³-hybridized carbons (Fsp3) is 0.862. The van der Waals surface area contributed by atoms with Crippen LogP contribution in [0.5, 0.6) is 0 Å². The van der Waals surface area contributed by atoms with Crippen LogP contribution in [0.3, 0.4) is 0 Å². The fourth-order valence-corrected chi connectivity index (χ4v) is 7.74. The van der Waals surface area contributed by atoms with Crippen molar-refractivity contribution >= 4 is 0 Å². The maximum absolute atomic E-state index is 11.8. The minimum absolute atomic E-state index is 0.0533. The van der Waals surface area contributed by atoms with Crippen LogP contribution in [-0.4, -0.2) is 32.1 Å². The van der Waals surface area contributed by atoms with E-state index in [2.05, 4.69) is 26.5 Å². The van der Waals surface area contributed by atoms with E-state index in [1.54, 1.807) is 0 Å². The fourth-order valence-electron chi connectivity index (χ4n) is 7.74. The van der Waals surface area contributed by atoms with Crippen LogP contribution in [0.1, 0.15) is 106 Å². The van der Waals surface area contributed by atoms with Crippen molar-refractivity contribution in [3.8, 4) is 0 Å². The zero-order valence-corrected chi connectivity index (χ0v) is 21.7. The molecule has 0 aliphatic heterocycles. The van der Waals surface area contributed by atoms with Crippen molar-refractivity contribution in [2.24, 2.45) is 35.0 Å². The Morgan fingerprint density at radius 2 is 1.88 bits per heavy atom. The van der Waals surface area contributed by atoms with E-state index in [-0.39, 0.29) is 11.3 Å². The molecule has 3 N–H and O–H groups in total. The Morgan fingerprint density at radius 1 is 1.19 bits per heavy atom. The molecule has 0 heterocycles. The van der Waals surface area contributed by atoms with Crippen molar-refractivity contribution in [1.82, 2.24) is 0 Å². The Labute approximate surface area is 197 Å². The van der Waals surface area contributed by atoms with Crippen LogP contribution in [0.4, 0.5) is 0 Å². The molecule has 0 bridgehead atoms. The largest absolute Gasteiger partial charge is 0.390 e. The lowest BCUT2D eigenvalue weighted by Gasteiger charge is -2.57. The van der Waals surface area contributed by atoms with Crippen LogP contribution < -0.4 is 0 Å². The molecule has 0 saturated heterocycles. The van der Waals surface area contributed by atoms with Crippen molar-refractivity contribution in [3.05, 3.63) is 24.3 Å². The number of fused-ring (bicyclic) bond motifs is 1. The van der Waals surface area contributed by atoms with Gasteiger partial charge in [-0.3, -0.25) is 0 Å². The van der Waals surface area contributed by atoms with Crippen LogP contribution in [0.25, 0.3) is 0 Å². The third-order valence-electron chi connectivity index (χ3n) is 9.60. The van der Waals surface area contributed by atoms with Gasteiger partial charge in [0.2, 0.25) is 0 Å². The number of rotatable bonds is 8. The molecule has 184 valence electrons. The highest BCUT2D eigenvalue weighted by molar-refractivity contribution is 5.27. The van der Waals surface area contributed by atoms with Crippen LogP contribution in [-0.2, 0) is 0 Å². The van der Waals surface area contributed by atoms with E-state index in [9.17, 15) is 15.3 Å². The zero-order chi connectivity index (χ0) is 23.9. The molecule has 2 saturated carbocycles. The molecule has 3 rings (SSSR count).